The molecule has 6 heteroatoms. The average Bonchev–Trinajstić information content (AvgIpc) is 2.26. The molecular weight excluding hydrogens is 236 g/mol. The highest BCUT2D eigenvalue weighted by molar-refractivity contribution is 5.95. The normalized spacial score (nSPS) is 14.9. The summed E-state index contributed by atoms with van der Waals surface area (Å²) >= 11 is 0. The fraction of sp³-hybridized carbons (Fsp3) is 0.417. The van der Waals surface area contributed by atoms with E-state index in [9.17, 15) is 14.9 Å². The number of carboxylic acid groups (broad SMARTS) is 1. The molecule has 0 spiro atoms. The Morgan fingerprint density at radius 1 is 1.50 bits per heavy atom. The average molecular weight is 250 g/mol. The lowest BCUT2D eigenvalue weighted by molar-refractivity contribution is -0.384. The number of nitro benzene ring substituents is 1. The van der Waals surface area contributed by atoms with Gasteiger partial charge in [0, 0.05) is 24.4 Å². The number of anilines is 1. The van der Waals surface area contributed by atoms with Crippen LogP contribution in [0.4, 0.5) is 11.4 Å². The summed E-state index contributed by atoms with van der Waals surface area (Å²) in [4.78, 5) is 21.1. The molecule has 1 aliphatic rings. The Hall–Kier alpha value is -2.11. The van der Waals surface area contributed by atoms with Crippen molar-refractivity contribution < 1.29 is 14.8 Å². The van der Waals surface area contributed by atoms with E-state index in [1.54, 1.807) is 0 Å². The maximum Gasteiger partial charge on any atom is 0.338 e. The van der Waals surface area contributed by atoms with Crippen LogP contribution in [-0.2, 0) is 0 Å². The smallest absolute Gasteiger partial charge is 0.338 e. The lowest BCUT2D eigenvalue weighted by Crippen LogP contribution is -2.21. The summed E-state index contributed by atoms with van der Waals surface area (Å²) in [6.45, 7) is 0.720. The van der Waals surface area contributed by atoms with Crippen LogP contribution in [0.2, 0.25) is 0 Å². The number of hydrogen-bond donors (Lipinski definition) is 2. The van der Waals surface area contributed by atoms with Crippen LogP contribution in [0.1, 0.15) is 29.6 Å². The van der Waals surface area contributed by atoms with Crippen molar-refractivity contribution in [1.82, 2.24) is 0 Å². The molecule has 0 unspecified atom stereocenters. The Kier molecular flexibility index (Phi) is 3.45. The quantitative estimate of drug-likeness (QED) is 0.618. The highest BCUT2D eigenvalue weighted by Crippen LogP contribution is 2.28. The van der Waals surface area contributed by atoms with Gasteiger partial charge in [-0.3, -0.25) is 10.1 Å². The summed E-state index contributed by atoms with van der Waals surface area (Å²) in [7, 11) is 0. The minimum Gasteiger partial charge on any atom is -0.478 e. The first-order chi connectivity index (χ1) is 8.58. The van der Waals surface area contributed by atoms with E-state index in [1.807, 2.05) is 0 Å². The minimum absolute atomic E-state index is 0.0523. The van der Waals surface area contributed by atoms with Gasteiger partial charge >= 0.3 is 5.97 Å². The molecule has 1 aliphatic carbocycles. The Balaban J connectivity index is 2.16. The van der Waals surface area contributed by atoms with E-state index in [0.717, 1.165) is 25.5 Å². The SMILES string of the molecule is O=C(O)c1cc([N+](=O)[O-])ccc1NCC1CCC1. The van der Waals surface area contributed by atoms with Crippen LogP contribution in [0.25, 0.3) is 0 Å². The van der Waals surface area contributed by atoms with E-state index >= 15 is 0 Å². The number of nitrogens with zero attached hydrogens (tertiary/aromatic N) is 1. The summed E-state index contributed by atoms with van der Waals surface area (Å²) in [5.41, 5.74) is 0.185. The van der Waals surface area contributed by atoms with Gasteiger partial charge in [-0.25, -0.2) is 4.79 Å². The molecule has 1 fully saturated rings. The van der Waals surface area contributed by atoms with E-state index in [-0.39, 0.29) is 11.3 Å². The Bertz CT molecular complexity index is 483. The van der Waals surface area contributed by atoms with Crippen molar-refractivity contribution in [2.45, 2.75) is 19.3 Å². The van der Waals surface area contributed by atoms with Crippen LogP contribution in [0.15, 0.2) is 18.2 Å². The molecule has 0 aliphatic heterocycles. The van der Waals surface area contributed by atoms with Crippen molar-refractivity contribution in [1.29, 1.82) is 0 Å². The molecule has 0 radical (unpaired) electrons. The van der Waals surface area contributed by atoms with Gasteiger partial charge in [0.05, 0.1) is 10.5 Å². The lowest BCUT2D eigenvalue weighted by Gasteiger charge is -2.26. The van der Waals surface area contributed by atoms with E-state index in [0.29, 0.717) is 11.6 Å². The standard InChI is InChI=1S/C12H14N2O4/c15-12(16)10-6-9(14(17)18)4-5-11(10)13-7-8-2-1-3-8/h4-6,8,13H,1-3,7H2,(H,15,16). The number of carbonyl (C=O) groups is 1. The maximum absolute atomic E-state index is 11.1. The van der Waals surface area contributed by atoms with Crippen LogP contribution in [0.5, 0.6) is 0 Å². The number of nitrogens with one attached hydrogen (secondary N) is 1. The van der Waals surface area contributed by atoms with Gasteiger partial charge in [-0.1, -0.05) is 6.42 Å². The van der Waals surface area contributed by atoms with Crippen molar-refractivity contribution in [3.05, 3.63) is 33.9 Å². The van der Waals surface area contributed by atoms with E-state index in [2.05, 4.69) is 5.32 Å². The van der Waals surface area contributed by atoms with Gasteiger partial charge in [0.1, 0.15) is 0 Å². The van der Waals surface area contributed by atoms with Crippen LogP contribution in [0.3, 0.4) is 0 Å². The van der Waals surface area contributed by atoms with Crippen LogP contribution < -0.4 is 5.32 Å². The van der Waals surface area contributed by atoms with Gasteiger partial charge < -0.3 is 10.4 Å². The zero-order valence-corrected chi connectivity index (χ0v) is 9.76. The molecule has 0 saturated heterocycles. The number of rotatable bonds is 5. The van der Waals surface area contributed by atoms with Gasteiger partial charge in [-0.15, -0.1) is 0 Å². The predicted molar refractivity (Wildman–Crippen MR) is 65.9 cm³/mol. The van der Waals surface area contributed by atoms with Crippen molar-refractivity contribution in [3.63, 3.8) is 0 Å². The molecule has 0 heterocycles. The Morgan fingerprint density at radius 2 is 2.22 bits per heavy atom. The topological polar surface area (TPSA) is 92.5 Å². The second-order valence-electron chi connectivity index (χ2n) is 4.47. The van der Waals surface area contributed by atoms with Crippen molar-refractivity contribution >= 4 is 17.3 Å². The van der Waals surface area contributed by atoms with Crippen molar-refractivity contribution in [3.8, 4) is 0 Å². The summed E-state index contributed by atoms with van der Waals surface area (Å²) in [6.07, 6.45) is 3.53. The van der Waals surface area contributed by atoms with Crippen LogP contribution >= 0.6 is 0 Å². The van der Waals surface area contributed by atoms with Gasteiger partial charge in [0.25, 0.3) is 5.69 Å². The Morgan fingerprint density at radius 3 is 2.72 bits per heavy atom. The lowest BCUT2D eigenvalue weighted by atomic mass is 9.85. The molecule has 1 saturated carbocycles. The molecule has 6 nitrogen and oxygen atoms in total. The summed E-state index contributed by atoms with van der Waals surface area (Å²) < 4.78 is 0. The number of aromatic carboxylic acids is 1. The molecule has 0 bridgehead atoms. The first-order valence-corrected chi connectivity index (χ1v) is 5.83. The maximum atomic E-state index is 11.1. The number of benzene rings is 1. The third-order valence-corrected chi connectivity index (χ3v) is 3.25. The molecule has 0 amide bonds. The summed E-state index contributed by atoms with van der Waals surface area (Å²) in [5, 5.41) is 22.7. The summed E-state index contributed by atoms with van der Waals surface area (Å²) in [6, 6.07) is 3.86. The minimum atomic E-state index is -1.16. The highest BCUT2D eigenvalue weighted by atomic mass is 16.6. The van der Waals surface area contributed by atoms with Crippen molar-refractivity contribution in [2.24, 2.45) is 5.92 Å². The third-order valence-electron chi connectivity index (χ3n) is 3.25. The van der Waals surface area contributed by atoms with E-state index < -0.39 is 10.9 Å². The fourth-order valence-corrected chi connectivity index (χ4v) is 1.93. The van der Waals surface area contributed by atoms with E-state index in [4.69, 9.17) is 5.11 Å². The number of non-ortho nitro benzene ring substituents is 1. The summed E-state index contributed by atoms with van der Waals surface area (Å²) in [5.74, 6) is -0.573. The van der Waals surface area contributed by atoms with Gasteiger partial charge in [-0.2, -0.15) is 0 Å². The molecule has 96 valence electrons. The molecular formula is C12H14N2O4. The second kappa shape index (κ2) is 5.03. The largest absolute Gasteiger partial charge is 0.478 e. The molecule has 0 aromatic heterocycles. The first-order valence-electron chi connectivity index (χ1n) is 5.83. The number of hydrogen-bond acceptors (Lipinski definition) is 4. The van der Waals surface area contributed by atoms with Crippen LogP contribution in [-0.4, -0.2) is 22.5 Å². The zero-order chi connectivity index (χ0) is 13.1. The van der Waals surface area contributed by atoms with E-state index in [1.165, 1.54) is 18.6 Å². The second-order valence-corrected chi connectivity index (χ2v) is 4.47. The van der Waals surface area contributed by atoms with Gasteiger partial charge in [0.2, 0.25) is 0 Å². The molecule has 18 heavy (non-hydrogen) atoms. The third kappa shape index (κ3) is 2.58. The molecule has 0 atom stereocenters. The molecule has 1 aromatic rings. The molecule has 1 aromatic carbocycles. The first kappa shape index (κ1) is 12.3. The number of carboxylic acids is 1. The highest BCUT2D eigenvalue weighted by Gasteiger charge is 2.19. The van der Waals surface area contributed by atoms with Crippen LogP contribution in [0, 0.1) is 16.0 Å². The fourth-order valence-electron chi connectivity index (χ4n) is 1.93. The predicted octanol–water partition coefficient (Wildman–Crippen LogP) is 2.51. The molecule has 2 N–H and O–H groups in total. The number of nitro groups is 1. The van der Waals surface area contributed by atoms with Crippen molar-refractivity contribution in [2.75, 3.05) is 11.9 Å². The zero-order valence-electron chi connectivity index (χ0n) is 9.76. The Labute approximate surface area is 104 Å². The van der Waals surface area contributed by atoms with Gasteiger partial charge in [0.15, 0.2) is 0 Å². The molecule has 2 rings (SSSR count). The monoisotopic (exact) mass is 250 g/mol. The van der Waals surface area contributed by atoms with Gasteiger partial charge in [-0.05, 0) is 24.8 Å².